The maximum Gasteiger partial charge on any atom is 0.137 e. The molecule has 1 aliphatic heterocycles. The lowest BCUT2D eigenvalue weighted by molar-refractivity contribution is 0.161. The number of alkyl halides is 1. The van der Waals surface area contributed by atoms with Crippen LogP contribution in [0.2, 0.25) is 0 Å². The lowest BCUT2D eigenvalue weighted by Gasteiger charge is -2.24. The average molecular weight is 308 g/mol. The highest BCUT2D eigenvalue weighted by Crippen LogP contribution is 2.34. The SMILES string of the molecule is Fc1ccc(CC2(CCl)CCOC2)cc1Br. The zero-order chi connectivity index (χ0) is 11.6. The second kappa shape index (κ2) is 5.03. The molecule has 0 amide bonds. The Labute approximate surface area is 108 Å². The zero-order valence-corrected chi connectivity index (χ0v) is 11.2. The third-order valence-electron chi connectivity index (χ3n) is 3.03. The minimum Gasteiger partial charge on any atom is -0.381 e. The van der Waals surface area contributed by atoms with E-state index < -0.39 is 0 Å². The summed E-state index contributed by atoms with van der Waals surface area (Å²) >= 11 is 9.22. The molecule has 1 aliphatic rings. The number of ether oxygens (including phenoxy) is 1. The zero-order valence-electron chi connectivity index (χ0n) is 8.81. The van der Waals surface area contributed by atoms with Gasteiger partial charge >= 0.3 is 0 Å². The van der Waals surface area contributed by atoms with Gasteiger partial charge in [-0.15, -0.1) is 11.6 Å². The first kappa shape index (κ1) is 12.3. The fourth-order valence-corrected chi connectivity index (χ4v) is 2.76. The van der Waals surface area contributed by atoms with E-state index in [1.807, 2.05) is 12.1 Å². The van der Waals surface area contributed by atoms with Crippen LogP contribution in [-0.2, 0) is 11.2 Å². The van der Waals surface area contributed by atoms with Crippen LogP contribution in [0.15, 0.2) is 22.7 Å². The Morgan fingerprint density at radius 1 is 1.50 bits per heavy atom. The second-order valence-electron chi connectivity index (χ2n) is 4.36. The first-order chi connectivity index (χ1) is 7.65. The highest BCUT2D eigenvalue weighted by molar-refractivity contribution is 9.10. The molecule has 1 nitrogen and oxygen atoms in total. The summed E-state index contributed by atoms with van der Waals surface area (Å²) in [4.78, 5) is 0. The molecule has 1 unspecified atom stereocenters. The van der Waals surface area contributed by atoms with E-state index in [4.69, 9.17) is 16.3 Å². The molecule has 2 rings (SSSR count). The van der Waals surface area contributed by atoms with Gasteiger partial charge in [-0.05, 0) is 46.5 Å². The molecule has 1 saturated heterocycles. The Balaban J connectivity index is 2.16. The largest absolute Gasteiger partial charge is 0.381 e. The van der Waals surface area contributed by atoms with E-state index in [2.05, 4.69) is 15.9 Å². The van der Waals surface area contributed by atoms with Crippen LogP contribution in [0.25, 0.3) is 0 Å². The minimum atomic E-state index is -0.230. The summed E-state index contributed by atoms with van der Waals surface area (Å²) in [6, 6.07) is 5.12. The van der Waals surface area contributed by atoms with Crippen molar-refractivity contribution in [1.29, 1.82) is 0 Å². The van der Waals surface area contributed by atoms with Crippen molar-refractivity contribution in [2.75, 3.05) is 19.1 Å². The van der Waals surface area contributed by atoms with Crippen LogP contribution in [0, 0.1) is 11.2 Å². The van der Waals surface area contributed by atoms with E-state index in [0.29, 0.717) is 17.0 Å². The van der Waals surface area contributed by atoms with Crippen molar-refractivity contribution in [3.05, 3.63) is 34.1 Å². The van der Waals surface area contributed by atoms with Gasteiger partial charge in [0.15, 0.2) is 0 Å². The van der Waals surface area contributed by atoms with Gasteiger partial charge in [-0.3, -0.25) is 0 Å². The molecule has 0 aliphatic carbocycles. The van der Waals surface area contributed by atoms with Crippen LogP contribution >= 0.6 is 27.5 Å². The summed E-state index contributed by atoms with van der Waals surface area (Å²) in [5, 5.41) is 0. The molecule has 16 heavy (non-hydrogen) atoms. The van der Waals surface area contributed by atoms with Crippen molar-refractivity contribution in [3.8, 4) is 0 Å². The second-order valence-corrected chi connectivity index (χ2v) is 5.48. The Morgan fingerprint density at radius 3 is 2.88 bits per heavy atom. The van der Waals surface area contributed by atoms with Gasteiger partial charge in [0.25, 0.3) is 0 Å². The monoisotopic (exact) mass is 306 g/mol. The molecule has 0 aromatic heterocycles. The Bertz CT molecular complexity index is 377. The van der Waals surface area contributed by atoms with Crippen molar-refractivity contribution >= 4 is 27.5 Å². The normalized spacial score (nSPS) is 24.9. The maximum absolute atomic E-state index is 13.1. The number of halogens is 3. The van der Waals surface area contributed by atoms with Gasteiger partial charge in [0.1, 0.15) is 5.82 Å². The summed E-state index contributed by atoms with van der Waals surface area (Å²) < 4.78 is 19.0. The number of rotatable bonds is 3. The Kier molecular flexibility index (Phi) is 3.88. The molecule has 1 atom stereocenters. The smallest absolute Gasteiger partial charge is 0.137 e. The van der Waals surface area contributed by atoms with Crippen LogP contribution in [0.1, 0.15) is 12.0 Å². The standard InChI is InChI=1S/C12H13BrClFO/c13-10-5-9(1-2-11(10)15)6-12(7-14)3-4-16-8-12/h1-2,5H,3-4,6-8H2. The molecule has 0 bridgehead atoms. The summed E-state index contributed by atoms with van der Waals surface area (Å²) in [5.41, 5.74) is 1.12. The molecule has 88 valence electrons. The molecular weight excluding hydrogens is 294 g/mol. The average Bonchev–Trinajstić information content (AvgIpc) is 2.73. The van der Waals surface area contributed by atoms with Gasteiger partial charge < -0.3 is 4.74 Å². The predicted octanol–water partition coefficient (Wildman–Crippen LogP) is 3.78. The van der Waals surface area contributed by atoms with Crippen molar-refractivity contribution in [2.24, 2.45) is 5.41 Å². The van der Waals surface area contributed by atoms with Gasteiger partial charge in [0.2, 0.25) is 0 Å². The molecule has 0 saturated carbocycles. The third kappa shape index (κ3) is 2.58. The topological polar surface area (TPSA) is 9.23 Å². The van der Waals surface area contributed by atoms with Crippen LogP contribution in [0.4, 0.5) is 4.39 Å². The van der Waals surface area contributed by atoms with Crippen LogP contribution < -0.4 is 0 Å². The maximum atomic E-state index is 13.1. The summed E-state index contributed by atoms with van der Waals surface area (Å²) in [7, 11) is 0. The minimum absolute atomic E-state index is 0.0266. The third-order valence-corrected chi connectivity index (χ3v) is 4.21. The molecule has 4 heteroatoms. The van der Waals surface area contributed by atoms with Gasteiger partial charge in [-0.2, -0.15) is 0 Å². The molecule has 0 N–H and O–H groups in total. The summed E-state index contributed by atoms with van der Waals surface area (Å²) in [6.07, 6.45) is 1.82. The molecular formula is C12H13BrClFO. The molecule has 1 aromatic rings. The van der Waals surface area contributed by atoms with E-state index in [1.165, 1.54) is 6.07 Å². The fraction of sp³-hybridized carbons (Fsp3) is 0.500. The summed E-state index contributed by atoms with van der Waals surface area (Å²) in [5.74, 6) is 0.355. The van der Waals surface area contributed by atoms with Crippen molar-refractivity contribution < 1.29 is 9.13 Å². The highest BCUT2D eigenvalue weighted by atomic mass is 79.9. The van der Waals surface area contributed by atoms with E-state index in [-0.39, 0.29) is 11.2 Å². The van der Waals surface area contributed by atoms with Gasteiger partial charge in [0.05, 0.1) is 11.1 Å². The van der Waals surface area contributed by atoms with Gasteiger partial charge in [-0.1, -0.05) is 6.07 Å². The van der Waals surface area contributed by atoms with Crippen LogP contribution in [0.3, 0.4) is 0 Å². The van der Waals surface area contributed by atoms with E-state index in [9.17, 15) is 4.39 Å². The molecule has 0 spiro atoms. The van der Waals surface area contributed by atoms with E-state index >= 15 is 0 Å². The van der Waals surface area contributed by atoms with Crippen LogP contribution in [-0.4, -0.2) is 19.1 Å². The number of benzene rings is 1. The van der Waals surface area contributed by atoms with Crippen LogP contribution in [0.5, 0.6) is 0 Å². The molecule has 1 aromatic carbocycles. The van der Waals surface area contributed by atoms with Gasteiger partial charge in [0, 0.05) is 17.9 Å². The number of hydrogen-bond acceptors (Lipinski definition) is 1. The fourth-order valence-electron chi connectivity index (χ4n) is 2.02. The molecule has 1 fully saturated rings. The van der Waals surface area contributed by atoms with Gasteiger partial charge in [-0.25, -0.2) is 4.39 Å². The Morgan fingerprint density at radius 2 is 2.31 bits per heavy atom. The summed E-state index contributed by atoms with van der Waals surface area (Å²) in [6.45, 7) is 1.47. The predicted molar refractivity (Wildman–Crippen MR) is 66.4 cm³/mol. The van der Waals surface area contributed by atoms with E-state index in [0.717, 1.165) is 25.0 Å². The van der Waals surface area contributed by atoms with E-state index in [1.54, 1.807) is 0 Å². The first-order valence-electron chi connectivity index (χ1n) is 5.23. The lowest BCUT2D eigenvalue weighted by Crippen LogP contribution is -2.26. The number of hydrogen-bond donors (Lipinski definition) is 0. The molecule has 1 heterocycles. The van der Waals surface area contributed by atoms with Crippen molar-refractivity contribution in [2.45, 2.75) is 12.8 Å². The molecule has 0 radical (unpaired) electrons. The van der Waals surface area contributed by atoms with Crippen molar-refractivity contribution in [3.63, 3.8) is 0 Å². The highest BCUT2D eigenvalue weighted by Gasteiger charge is 2.34. The lowest BCUT2D eigenvalue weighted by atomic mass is 9.83. The quantitative estimate of drug-likeness (QED) is 0.772. The Hall–Kier alpha value is -0.120. The first-order valence-corrected chi connectivity index (χ1v) is 6.56. The van der Waals surface area contributed by atoms with Crippen molar-refractivity contribution in [1.82, 2.24) is 0 Å².